The molecule has 0 aliphatic carbocycles. The van der Waals surface area contributed by atoms with E-state index in [4.69, 9.17) is 11.6 Å². The Morgan fingerprint density at radius 3 is 2.09 bits per heavy atom. The van der Waals surface area contributed by atoms with Crippen LogP contribution >= 0.6 is 11.6 Å². The van der Waals surface area contributed by atoms with Crippen molar-refractivity contribution in [3.63, 3.8) is 0 Å². The summed E-state index contributed by atoms with van der Waals surface area (Å²) in [5, 5.41) is 9.21. The first-order valence-electron chi connectivity index (χ1n) is 13.9. The quantitative estimate of drug-likeness (QED) is 0.232. The van der Waals surface area contributed by atoms with Crippen molar-refractivity contribution in [1.29, 1.82) is 0 Å². The average Bonchev–Trinajstić information content (AvgIpc) is 3.02. The van der Waals surface area contributed by atoms with E-state index in [9.17, 15) is 18.8 Å². The maximum absolute atomic E-state index is 13.5. The van der Waals surface area contributed by atoms with Crippen LogP contribution in [0.4, 0.5) is 26.2 Å². The molecule has 1 fully saturated rings. The number of nitrogens with zero attached hydrogens (tertiary/aromatic N) is 2. The Kier molecular flexibility index (Phi) is 9.22. The molecule has 4 aromatic rings. The van der Waals surface area contributed by atoms with E-state index >= 15 is 0 Å². The van der Waals surface area contributed by atoms with Gasteiger partial charge in [0.05, 0.1) is 5.56 Å². The van der Waals surface area contributed by atoms with Crippen LogP contribution in [0.25, 0.3) is 0 Å². The number of anilines is 3. The van der Waals surface area contributed by atoms with E-state index in [0.717, 1.165) is 16.8 Å². The number of hydrogen-bond donors (Lipinski definition) is 3. The van der Waals surface area contributed by atoms with Gasteiger partial charge in [0.2, 0.25) is 0 Å². The number of benzene rings is 4. The van der Waals surface area contributed by atoms with Crippen molar-refractivity contribution < 1.29 is 18.8 Å². The Hall–Kier alpha value is -4.89. The summed E-state index contributed by atoms with van der Waals surface area (Å²) in [5.41, 5.74) is 4.52. The van der Waals surface area contributed by atoms with Crippen molar-refractivity contribution in [3.05, 3.63) is 124 Å². The topological polar surface area (TPSA) is 93.8 Å². The van der Waals surface area contributed by atoms with E-state index in [1.807, 2.05) is 36.1 Å². The van der Waals surface area contributed by atoms with Gasteiger partial charge in [0.15, 0.2) is 0 Å². The third-order valence-electron chi connectivity index (χ3n) is 7.18. The molecule has 0 bridgehead atoms. The van der Waals surface area contributed by atoms with Crippen LogP contribution in [0.15, 0.2) is 91.0 Å². The lowest BCUT2D eigenvalue weighted by Crippen LogP contribution is -2.50. The fraction of sp³-hybridized carbons (Fsp3) is 0.182. The number of piperazine rings is 1. The second kappa shape index (κ2) is 13.4. The molecule has 4 aromatic carbocycles. The van der Waals surface area contributed by atoms with Crippen molar-refractivity contribution in [2.45, 2.75) is 13.5 Å². The van der Waals surface area contributed by atoms with Crippen LogP contribution in [-0.4, -0.2) is 48.9 Å². The van der Waals surface area contributed by atoms with Gasteiger partial charge in [-0.25, -0.2) is 9.18 Å². The Labute approximate surface area is 254 Å². The molecule has 0 saturated carbocycles. The highest BCUT2D eigenvalue weighted by atomic mass is 35.5. The van der Waals surface area contributed by atoms with Gasteiger partial charge in [0.25, 0.3) is 11.8 Å². The van der Waals surface area contributed by atoms with Gasteiger partial charge in [-0.05, 0) is 79.2 Å². The Balaban J connectivity index is 1.31. The van der Waals surface area contributed by atoms with Crippen molar-refractivity contribution in [2.75, 3.05) is 41.7 Å². The monoisotopic (exact) mass is 599 g/mol. The molecular weight excluding hydrogens is 569 g/mol. The summed E-state index contributed by atoms with van der Waals surface area (Å²) >= 11 is 5.95. The minimum Gasteiger partial charge on any atom is -0.367 e. The molecule has 0 atom stereocenters. The Bertz CT molecular complexity index is 1600. The summed E-state index contributed by atoms with van der Waals surface area (Å²) in [6.07, 6.45) is 0. The third-order valence-corrected chi connectivity index (χ3v) is 7.43. The van der Waals surface area contributed by atoms with E-state index in [1.54, 1.807) is 59.5 Å². The molecule has 10 heteroatoms. The zero-order valence-electron chi connectivity index (χ0n) is 23.6. The first kappa shape index (κ1) is 29.6. The Morgan fingerprint density at radius 2 is 1.42 bits per heavy atom. The summed E-state index contributed by atoms with van der Waals surface area (Å²) in [4.78, 5) is 43.0. The lowest BCUT2D eigenvalue weighted by atomic mass is 10.1. The molecular formula is C33H31ClFN5O3. The van der Waals surface area contributed by atoms with E-state index in [-0.39, 0.29) is 30.2 Å². The summed E-state index contributed by atoms with van der Waals surface area (Å²) in [6.45, 7) is 4.13. The predicted octanol–water partition coefficient (Wildman–Crippen LogP) is 6.32. The summed E-state index contributed by atoms with van der Waals surface area (Å²) in [7, 11) is 0. The minimum absolute atomic E-state index is 0.180. The summed E-state index contributed by atoms with van der Waals surface area (Å²) < 4.78 is 13.3. The van der Waals surface area contributed by atoms with Gasteiger partial charge in [-0.1, -0.05) is 41.4 Å². The first-order valence-corrected chi connectivity index (χ1v) is 14.2. The van der Waals surface area contributed by atoms with Crippen molar-refractivity contribution in [3.8, 4) is 0 Å². The van der Waals surface area contributed by atoms with Crippen molar-refractivity contribution >= 4 is 46.5 Å². The first-order chi connectivity index (χ1) is 20.7. The molecule has 1 heterocycles. The van der Waals surface area contributed by atoms with Crippen LogP contribution in [-0.2, 0) is 6.54 Å². The van der Waals surface area contributed by atoms with Crippen LogP contribution in [0, 0.1) is 12.7 Å². The predicted molar refractivity (Wildman–Crippen MR) is 167 cm³/mol. The fourth-order valence-corrected chi connectivity index (χ4v) is 4.87. The molecule has 5 rings (SSSR count). The van der Waals surface area contributed by atoms with Gasteiger partial charge in [0, 0.05) is 60.4 Å². The zero-order valence-corrected chi connectivity index (χ0v) is 24.3. The largest absolute Gasteiger partial charge is 0.367 e. The zero-order chi connectivity index (χ0) is 30.3. The smallest absolute Gasteiger partial charge is 0.321 e. The SMILES string of the molecule is Cc1ccc(NC(=O)N2CCN(c3ccc(NC(=O)c4ccc(Cl)cc4)cc3C(=O)NCc3ccc(F)cc3)CC2)cc1. The third kappa shape index (κ3) is 7.69. The maximum atomic E-state index is 13.5. The van der Waals surface area contributed by atoms with Crippen molar-refractivity contribution in [2.24, 2.45) is 0 Å². The van der Waals surface area contributed by atoms with Crippen LogP contribution < -0.4 is 20.9 Å². The summed E-state index contributed by atoms with van der Waals surface area (Å²) in [5.74, 6) is -1.04. The highest BCUT2D eigenvalue weighted by Crippen LogP contribution is 2.27. The van der Waals surface area contributed by atoms with E-state index in [2.05, 4.69) is 16.0 Å². The standard InChI is InChI=1S/C33H31ClFN5O3/c1-22-2-12-27(13-3-22)38-33(43)40-18-16-39(17-19-40)30-15-14-28(37-31(41)24-6-8-25(34)9-7-24)20-29(30)32(42)36-21-23-4-10-26(35)11-5-23/h2-15,20H,16-19,21H2,1H3,(H,36,42)(H,37,41)(H,38,43). The fourth-order valence-electron chi connectivity index (χ4n) is 4.75. The Morgan fingerprint density at radius 1 is 0.767 bits per heavy atom. The second-order valence-corrected chi connectivity index (χ2v) is 10.7. The molecule has 0 spiro atoms. The normalized spacial score (nSPS) is 12.9. The van der Waals surface area contributed by atoms with Crippen LogP contribution in [0.1, 0.15) is 31.8 Å². The molecule has 1 saturated heterocycles. The molecule has 0 radical (unpaired) electrons. The average molecular weight is 600 g/mol. The number of amides is 4. The van der Waals surface area contributed by atoms with E-state index in [0.29, 0.717) is 53.7 Å². The molecule has 3 N–H and O–H groups in total. The number of halogens is 2. The van der Waals surface area contributed by atoms with Crippen LogP contribution in [0.5, 0.6) is 0 Å². The highest BCUT2D eigenvalue weighted by Gasteiger charge is 2.25. The van der Waals surface area contributed by atoms with E-state index < -0.39 is 0 Å². The number of hydrogen-bond acceptors (Lipinski definition) is 4. The number of carbonyl (C=O) groups excluding carboxylic acids is 3. The minimum atomic E-state index is -0.354. The highest BCUT2D eigenvalue weighted by molar-refractivity contribution is 6.30. The second-order valence-electron chi connectivity index (χ2n) is 10.3. The lowest BCUT2D eigenvalue weighted by Gasteiger charge is -2.37. The van der Waals surface area contributed by atoms with Crippen molar-refractivity contribution in [1.82, 2.24) is 10.2 Å². The van der Waals surface area contributed by atoms with Gasteiger partial charge in [-0.15, -0.1) is 0 Å². The number of nitrogens with one attached hydrogen (secondary N) is 3. The molecule has 1 aliphatic rings. The van der Waals surface area contributed by atoms with Gasteiger partial charge < -0.3 is 25.8 Å². The molecule has 4 amide bonds. The molecule has 1 aliphatic heterocycles. The van der Waals surface area contributed by atoms with Gasteiger partial charge in [-0.3, -0.25) is 9.59 Å². The molecule has 0 aromatic heterocycles. The summed E-state index contributed by atoms with van der Waals surface area (Å²) in [6, 6.07) is 25.0. The maximum Gasteiger partial charge on any atom is 0.321 e. The molecule has 43 heavy (non-hydrogen) atoms. The van der Waals surface area contributed by atoms with Gasteiger partial charge in [-0.2, -0.15) is 0 Å². The van der Waals surface area contributed by atoms with Gasteiger partial charge in [0.1, 0.15) is 5.82 Å². The number of rotatable bonds is 7. The number of urea groups is 1. The van der Waals surface area contributed by atoms with Gasteiger partial charge >= 0.3 is 6.03 Å². The van der Waals surface area contributed by atoms with Crippen LogP contribution in [0.2, 0.25) is 5.02 Å². The number of aryl methyl sites for hydroxylation is 1. The van der Waals surface area contributed by atoms with E-state index in [1.165, 1.54) is 12.1 Å². The molecule has 220 valence electrons. The number of carbonyl (C=O) groups is 3. The molecule has 8 nitrogen and oxygen atoms in total. The van der Waals surface area contributed by atoms with Crippen LogP contribution in [0.3, 0.4) is 0 Å². The lowest BCUT2D eigenvalue weighted by molar-refractivity contribution is 0.0949. The molecule has 0 unspecified atom stereocenters.